The van der Waals surface area contributed by atoms with Crippen LogP contribution in [-0.2, 0) is 11.0 Å². The van der Waals surface area contributed by atoms with Gasteiger partial charge in [-0.25, -0.2) is 0 Å². The fourth-order valence-corrected chi connectivity index (χ4v) is 2.13. The Kier molecular flexibility index (Phi) is 3.98. The van der Waals surface area contributed by atoms with Gasteiger partial charge in [-0.3, -0.25) is 4.79 Å². The van der Waals surface area contributed by atoms with Gasteiger partial charge in [-0.2, -0.15) is 18.4 Å². The van der Waals surface area contributed by atoms with Gasteiger partial charge < -0.3 is 5.32 Å². The van der Waals surface area contributed by atoms with Gasteiger partial charge in [0.2, 0.25) is 5.91 Å². The van der Waals surface area contributed by atoms with Crippen molar-refractivity contribution in [2.75, 3.05) is 5.32 Å². The van der Waals surface area contributed by atoms with E-state index in [4.69, 9.17) is 5.26 Å². The number of halogens is 3. The zero-order valence-electron chi connectivity index (χ0n) is 10.6. The predicted molar refractivity (Wildman–Crippen MR) is 66.7 cm³/mol. The number of anilines is 1. The summed E-state index contributed by atoms with van der Waals surface area (Å²) in [4.78, 5) is 11.7. The molecule has 0 spiro atoms. The second-order valence-electron chi connectivity index (χ2n) is 4.92. The summed E-state index contributed by atoms with van der Waals surface area (Å²) in [6, 6.07) is 4.69. The van der Waals surface area contributed by atoms with Gasteiger partial charge in [0.25, 0.3) is 0 Å². The summed E-state index contributed by atoms with van der Waals surface area (Å²) < 4.78 is 38.3. The van der Waals surface area contributed by atoms with Crippen molar-refractivity contribution >= 4 is 11.6 Å². The summed E-state index contributed by atoms with van der Waals surface area (Å²) in [5, 5.41) is 11.1. The fourth-order valence-electron chi connectivity index (χ4n) is 2.13. The second-order valence-corrected chi connectivity index (χ2v) is 4.92. The van der Waals surface area contributed by atoms with Crippen molar-refractivity contribution in [2.24, 2.45) is 5.92 Å². The first kappa shape index (κ1) is 14.4. The average Bonchev–Trinajstić information content (AvgIpc) is 2.33. The minimum Gasteiger partial charge on any atom is -0.326 e. The van der Waals surface area contributed by atoms with Gasteiger partial charge in [0, 0.05) is 12.1 Å². The van der Waals surface area contributed by atoms with Gasteiger partial charge in [-0.05, 0) is 37.0 Å². The van der Waals surface area contributed by atoms with Gasteiger partial charge in [-0.15, -0.1) is 0 Å². The Labute approximate surface area is 114 Å². The zero-order chi connectivity index (χ0) is 14.8. The van der Waals surface area contributed by atoms with E-state index < -0.39 is 17.3 Å². The number of carbonyl (C=O) groups excluding carboxylic acids is 1. The van der Waals surface area contributed by atoms with Crippen LogP contribution >= 0.6 is 0 Å². The van der Waals surface area contributed by atoms with Crippen LogP contribution < -0.4 is 5.32 Å². The van der Waals surface area contributed by atoms with Crippen molar-refractivity contribution in [1.29, 1.82) is 5.26 Å². The Balaban J connectivity index is 2.12. The monoisotopic (exact) mass is 282 g/mol. The molecule has 1 fully saturated rings. The highest BCUT2D eigenvalue weighted by molar-refractivity contribution is 5.91. The van der Waals surface area contributed by atoms with E-state index in [2.05, 4.69) is 5.32 Å². The summed E-state index contributed by atoms with van der Waals surface area (Å²) in [6.45, 7) is 0. The molecule has 0 saturated heterocycles. The number of hydrogen-bond donors (Lipinski definition) is 1. The molecule has 1 aromatic rings. The third kappa shape index (κ3) is 3.29. The summed E-state index contributed by atoms with van der Waals surface area (Å²) in [6.07, 6.45) is -1.18. The van der Waals surface area contributed by atoms with Crippen LogP contribution in [0.15, 0.2) is 18.2 Å². The minimum atomic E-state index is -4.61. The average molecular weight is 282 g/mol. The SMILES string of the molecule is N#Cc1ccc(NC(=O)CC2CCC2)cc1C(F)(F)F. The summed E-state index contributed by atoms with van der Waals surface area (Å²) in [7, 11) is 0. The Morgan fingerprint density at radius 3 is 2.60 bits per heavy atom. The van der Waals surface area contributed by atoms with Crippen LogP contribution in [0, 0.1) is 17.2 Å². The maximum Gasteiger partial charge on any atom is 0.417 e. The number of nitrogens with zero attached hydrogens (tertiary/aromatic N) is 1. The first-order valence-corrected chi connectivity index (χ1v) is 6.31. The number of nitrogens with one attached hydrogen (secondary N) is 1. The van der Waals surface area contributed by atoms with Crippen molar-refractivity contribution < 1.29 is 18.0 Å². The van der Waals surface area contributed by atoms with Crippen LogP contribution in [0.4, 0.5) is 18.9 Å². The molecule has 0 aromatic heterocycles. The van der Waals surface area contributed by atoms with Crippen molar-refractivity contribution in [3.05, 3.63) is 29.3 Å². The molecule has 0 atom stereocenters. The second kappa shape index (κ2) is 5.53. The third-order valence-corrected chi connectivity index (χ3v) is 3.43. The molecule has 0 aliphatic heterocycles. The van der Waals surface area contributed by atoms with Crippen LogP contribution in [-0.4, -0.2) is 5.91 Å². The van der Waals surface area contributed by atoms with Crippen molar-refractivity contribution in [3.63, 3.8) is 0 Å². The van der Waals surface area contributed by atoms with E-state index in [9.17, 15) is 18.0 Å². The first-order valence-electron chi connectivity index (χ1n) is 6.31. The molecule has 6 heteroatoms. The molecule has 0 bridgehead atoms. The highest BCUT2D eigenvalue weighted by atomic mass is 19.4. The van der Waals surface area contributed by atoms with Crippen molar-refractivity contribution in [2.45, 2.75) is 31.9 Å². The topological polar surface area (TPSA) is 52.9 Å². The van der Waals surface area contributed by atoms with Crippen molar-refractivity contribution in [1.82, 2.24) is 0 Å². The van der Waals surface area contributed by atoms with Crippen LogP contribution in [0.3, 0.4) is 0 Å². The van der Waals surface area contributed by atoms with Gasteiger partial charge in [0.05, 0.1) is 17.2 Å². The van der Waals surface area contributed by atoms with E-state index in [0.717, 1.165) is 31.4 Å². The lowest BCUT2D eigenvalue weighted by Crippen LogP contribution is -2.21. The number of hydrogen-bond acceptors (Lipinski definition) is 2. The van der Waals surface area contributed by atoms with E-state index in [-0.39, 0.29) is 11.6 Å². The molecule has 3 nitrogen and oxygen atoms in total. The summed E-state index contributed by atoms with van der Waals surface area (Å²) >= 11 is 0. The quantitative estimate of drug-likeness (QED) is 0.918. The molecule has 1 aromatic carbocycles. The highest BCUT2D eigenvalue weighted by Crippen LogP contribution is 2.34. The van der Waals surface area contributed by atoms with E-state index in [0.29, 0.717) is 12.3 Å². The fraction of sp³-hybridized carbons (Fsp3) is 0.429. The Hall–Kier alpha value is -2.03. The molecule has 2 rings (SSSR count). The first-order chi connectivity index (χ1) is 9.40. The molecule has 0 heterocycles. The lowest BCUT2D eigenvalue weighted by atomic mass is 9.83. The molecule has 1 aliphatic carbocycles. The van der Waals surface area contributed by atoms with Crippen molar-refractivity contribution in [3.8, 4) is 6.07 Å². The number of benzene rings is 1. The Bertz CT molecular complexity index is 557. The lowest BCUT2D eigenvalue weighted by Gasteiger charge is -2.24. The molecule has 1 saturated carbocycles. The van der Waals surface area contributed by atoms with E-state index in [1.807, 2.05) is 0 Å². The normalized spacial score (nSPS) is 15.3. The summed E-state index contributed by atoms with van der Waals surface area (Å²) in [5.41, 5.74) is -1.41. The molecule has 1 N–H and O–H groups in total. The standard InChI is InChI=1S/C14H13F3N2O/c15-14(16,17)12-7-11(5-4-10(12)8-18)19-13(20)6-9-2-1-3-9/h4-5,7,9H,1-3,6H2,(H,19,20). The number of carbonyl (C=O) groups is 1. The summed E-state index contributed by atoms with van der Waals surface area (Å²) in [5.74, 6) is 0.0583. The number of nitriles is 1. The van der Waals surface area contributed by atoms with Gasteiger partial charge in [0.15, 0.2) is 0 Å². The molecule has 20 heavy (non-hydrogen) atoms. The minimum absolute atomic E-state index is 0.0700. The highest BCUT2D eigenvalue weighted by Gasteiger charge is 2.34. The van der Waals surface area contributed by atoms with Gasteiger partial charge in [-0.1, -0.05) is 6.42 Å². The van der Waals surface area contributed by atoms with Crippen LogP contribution in [0.2, 0.25) is 0 Å². The van der Waals surface area contributed by atoms with Crippen LogP contribution in [0.5, 0.6) is 0 Å². The Morgan fingerprint density at radius 2 is 2.10 bits per heavy atom. The molecular weight excluding hydrogens is 269 g/mol. The predicted octanol–water partition coefficient (Wildman–Crippen LogP) is 3.71. The van der Waals surface area contributed by atoms with E-state index in [1.54, 1.807) is 0 Å². The lowest BCUT2D eigenvalue weighted by molar-refractivity contribution is -0.137. The van der Waals surface area contributed by atoms with Gasteiger partial charge >= 0.3 is 6.18 Å². The molecule has 106 valence electrons. The van der Waals surface area contributed by atoms with Crippen LogP contribution in [0.25, 0.3) is 0 Å². The number of alkyl halides is 3. The van der Waals surface area contributed by atoms with Crippen LogP contribution in [0.1, 0.15) is 36.8 Å². The Morgan fingerprint density at radius 1 is 1.40 bits per heavy atom. The number of amides is 1. The molecular formula is C14H13F3N2O. The molecule has 1 amide bonds. The third-order valence-electron chi connectivity index (χ3n) is 3.43. The van der Waals surface area contributed by atoms with Gasteiger partial charge in [0.1, 0.15) is 0 Å². The maximum absolute atomic E-state index is 12.8. The maximum atomic E-state index is 12.8. The molecule has 1 aliphatic rings. The molecule has 0 unspecified atom stereocenters. The smallest absolute Gasteiger partial charge is 0.326 e. The number of rotatable bonds is 3. The largest absolute Gasteiger partial charge is 0.417 e. The van der Waals surface area contributed by atoms with E-state index in [1.165, 1.54) is 12.1 Å². The molecule has 0 radical (unpaired) electrons. The zero-order valence-corrected chi connectivity index (χ0v) is 10.6. The van der Waals surface area contributed by atoms with E-state index >= 15 is 0 Å².